The first-order chi connectivity index (χ1) is 13.8. The Labute approximate surface area is 188 Å². The maximum Gasteiger partial charge on any atom is 0.266 e. The van der Waals surface area contributed by atoms with E-state index in [-0.39, 0.29) is 37.9 Å². The van der Waals surface area contributed by atoms with E-state index in [1.54, 1.807) is 30.3 Å². The third-order valence-electron chi connectivity index (χ3n) is 4.63. The molecule has 0 aliphatic heterocycles. The summed E-state index contributed by atoms with van der Waals surface area (Å²) in [6.45, 7) is 12.0. The summed E-state index contributed by atoms with van der Waals surface area (Å²) in [6.07, 6.45) is 1.50. The highest BCUT2D eigenvalue weighted by Crippen LogP contribution is 2.40. The second kappa shape index (κ2) is 8.71. The molecule has 0 bridgehead atoms. The van der Waals surface area contributed by atoms with Gasteiger partial charge >= 0.3 is 0 Å². The van der Waals surface area contributed by atoms with Gasteiger partial charge in [-0.2, -0.15) is 5.26 Å². The molecule has 0 aromatic heterocycles. The Balaban J connectivity index is 2.56. The molecule has 0 heterocycles. The summed E-state index contributed by atoms with van der Waals surface area (Å²) in [7, 11) is 0. The van der Waals surface area contributed by atoms with Crippen LogP contribution in [0.25, 0.3) is 6.08 Å². The number of hydrogen-bond donors (Lipinski definition) is 2. The van der Waals surface area contributed by atoms with Gasteiger partial charge in [0.15, 0.2) is 0 Å². The van der Waals surface area contributed by atoms with Crippen LogP contribution in [0, 0.1) is 11.3 Å². The smallest absolute Gasteiger partial charge is 0.266 e. The lowest BCUT2D eigenvalue weighted by Gasteiger charge is -2.28. The molecule has 4 nitrogen and oxygen atoms in total. The van der Waals surface area contributed by atoms with Crippen LogP contribution in [0.2, 0.25) is 10.0 Å². The van der Waals surface area contributed by atoms with Crippen molar-refractivity contribution in [3.05, 3.63) is 62.6 Å². The summed E-state index contributed by atoms with van der Waals surface area (Å²) < 4.78 is 0. The van der Waals surface area contributed by atoms with Gasteiger partial charge in [-0.15, -0.1) is 0 Å². The van der Waals surface area contributed by atoms with E-state index in [9.17, 15) is 15.2 Å². The van der Waals surface area contributed by atoms with E-state index in [1.807, 2.05) is 47.6 Å². The number of carbonyl (C=O) groups excluding carboxylic acids is 1. The van der Waals surface area contributed by atoms with E-state index in [0.29, 0.717) is 5.56 Å². The number of nitrogens with one attached hydrogen (secondary N) is 1. The molecule has 0 saturated heterocycles. The number of nitriles is 1. The van der Waals surface area contributed by atoms with Crippen molar-refractivity contribution in [3.63, 3.8) is 0 Å². The van der Waals surface area contributed by atoms with Gasteiger partial charge in [-0.05, 0) is 46.7 Å². The van der Waals surface area contributed by atoms with Gasteiger partial charge in [-0.25, -0.2) is 0 Å². The Morgan fingerprint density at radius 1 is 1.03 bits per heavy atom. The molecule has 30 heavy (non-hydrogen) atoms. The van der Waals surface area contributed by atoms with Crippen LogP contribution in [0.4, 0.5) is 5.69 Å². The zero-order chi connectivity index (χ0) is 22.9. The lowest BCUT2D eigenvalue weighted by Crippen LogP contribution is -2.18. The average molecular weight is 445 g/mol. The summed E-state index contributed by atoms with van der Waals surface area (Å²) in [6, 6.07) is 10.4. The van der Waals surface area contributed by atoms with Gasteiger partial charge in [0.05, 0.1) is 15.7 Å². The number of benzene rings is 2. The van der Waals surface area contributed by atoms with Crippen molar-refractivity contribution in [1.82, 2.24) is 0 Å². The van der Waals surface area contributed by atoms with Crippen LogP contribution in [-0.2, 0) is 15.6 Å². The first-order valence-corrected chi connectivity index (χ1v) is 10.3. The minimum absolute atomic E-state index is 0.101. The number of aromatic hydroxyl groups is 1. The summed E-state index contributed by atoms with van der Waals surface area (Å²) in [5, 5.41) is 23.6. The van der Waals surface area contributed by atoms with E-state index >= 15 is 0 Å². The average Bonchev–Trinajstić information content (AvgIpc) is 2.61. The minimum atomic E-state index is -0.616. The summed E-state index contributed by atoms with van der Waals surface area (Å²) in [5.74, 6) is -0.381. The molecular formula is C24H26Cl2N2O2. The van der Waals surface area contributed by atoms with Crippen molar-refractivity contribution in [3.8, 4) is 11.8 Å². The molecule has 0 aliphatic carbocycles. The number of halogens is 2. The van der Waals surface area contributed by atoms with E-state index < -0.39 is 5.91 Å². The summed E-state index contributed by atoms with van der Waals surface area (Å²) in [5.41, 5.74) is 1.64. The van der Waals surface area contributed by atoms with Gasteiger partial charge < -0.3 is 10.4 Å². The number of rotatable bonds is 3. The standard InChI is InChI=1S/C24H26Cl2N2O2/c1-23(2,3)16-11-14(12-17(21(16)29)24(4,5)6)10-15(13-27)22(30)28-20-18(25)8-7-9-19(20)26/h7-12,29H,1-6H3,(H,28,30)/b15-10+. The SMILES string of the molecule is CC(C)(C)c1cc(/C=C(\C#N)C(=O)Nc2c(Cl)cccc2Cl)cc(C(C)(C)C)c1O. The van der Waals surface area contributed by atoms with Crippen molar-refractivity contribution in [2.45, 2.75) is 52.4 Å². The van der Waals surface area contributed by atoms with Crippen LogP contribution in [0.1, 0.15) is 58.2 Å². The fourth-order valence-electron chi connectivity index (χ4n) is 3.00. The second-order valence-corrected chi connectivity index (χ2v) is 10.00. The molecule has 2 rings (SSSR count). The third-order valence-corrected chi connectivity index (χ3v) is 5.26. The Hall–Kier alpha value is -2.48. The molecule has 6 heteroatoms. The predicted molar refractivity (Wildman–Crippen MR) is 124 cm³/mol. The molecule has 0 spiro atoms. The Bertz CT molecular complexity index is 997. The van der Waals surface area contributed by atoms with Crippen molar-refractivity contribution >= 4 is 40.9 Å². The maximum atomic E-state index is 12.7. The maximum absolute atomic E-state index is 12.7. The Morgan fingerprint density at radius 2 is 1.50 bits per heavy atom. The number of carbonyl (C=O) groups is 1. The molecule has 2 aromatic carbocycles. The van der Waals surface area contributed by atoms with Crippen LogP contribution in [0.5, 0.6) is 5.75 Å². The molecule has 0 fully saturated rings. The lowest BCUT2D eigenvalue weighted by atomic mass is 9.78. The van der Waals surface area contributed by atoms with Crippen molar-refractivity contribution in [2.24, 2.45) is 0 Å². The zero-order valence-corrected chi connectivity index (χ0v) is 19.5. The van der Waals surface area contributed by atoms with Gasteiger partial charge in [-0.1, -0.05) is 70.8 Å². The molecular weight excluding hydrogens is 419 g/mol. The lowest BCUT2D eigenvalue weighted by molar-refractivity contribution is -0.112. The monoisotopic (exact) mass is 444 g/mol. The zero-order valence-electron chi connectivity index (χ0n) is 18.0. The molecule has 158 valence electrons. The Kier molecular flexibility index (Phi) is 6.91. The molecule has 0 unspecified atom stereocenters. The van der Waals surface area contributed by atoms with Crippen LogP contribution in [0.3, 0.4) is 0 Å². The first kappa shape index (κ1) is 23.8. The number of nitrogens with zero attached hydrogens (tertiary/aromatic N) is 1. The van der Waals surface area contributed by atoms with Crippen molar-refractivity contribution in [2.75, 3.05) is 5.32 Å². The minimum Gasteiger partial charge on any atom is -0.507 e. The number of phenols is 1. The largest absolute Gasteiger partial charge is 0.507 e. The normalized spacial score (nSPS) is 12.4. The molecule has 0 aliphatic rings. The summed E-state index contributed by atoms with van der Waals surface area (Å²) in [4.78, 5) is 12.7. The number of phenolic OH excluding ortho intramolecular Hbond substituents is 1. The number of para-hydroxylation sites is 1. The van der Waals surface area contributed by atoms with Crippen LogP contribution in [0.15, 0.2) is 35.9 Å². The van der Waals surface area contributed by atoms with Gasteiger partial charge in [0.25, 0.3) is 5.91 Å². The van der Waals surface area contributed by atoms with E-state index in [0.717, 1.165) is 11.1 Å². The first-order valence-electron chi connectivity index (χ1n) is 9.51. The molecule has 0 atom stereocenters. The highest BCUT2D eigenvalue weighted by molar-refractivity contribution is 6.40. The van der Waals surface area contributed by atoms with Crippen LogP contribution in [-0.4, -0.2) is 11.0 Å². The molecule has 2 N–H and O–H groups in total. The number of amides is 1. The van der Waals surface area contributed by atoms with Gasteiger partial charge in [-0.3, -0.25) is 4.79 Å². The number of anilines is 1. The molecule has 1 amide bonds. The highest BCUT2D eigenvalue weighted by atomic mass is 35.5. The topological polar surface area (TPSA) is 73.1 Å². The fraction of sp³-hybridized carbons (Fsp3) is 0.333. The number of hydrogen-bond acceptors (Lipinski definition) is 3. The van der Waals surface area contributed by atoms with Crippen molar-refractivity contribution < 1.29 is 9.90 Å². The van der Waals surface area contributed by atoms with Gasteiger partial charge in [0.2, 0.25) is 0 Å². The third kappa shape index (κ3) is 5.36. The van der Waals surface area contributed by atoms with Crippen LogP contribution >= 0.6 is 23.2 Å². The molecule has 2 aromatic rings. The van der Waals surface area contributed by atoms with Crippen molar-refractivity contribution in [1.29, 1.82) is 5.26 Å². The van der Waals surface area contributed by atoms with Gasteiger partial charge in [0, 0.05) is 11.1 Å². The molecule has 0 saturated carbocycles. The van der Waals surface area contributed by atoms with Gasteiger partial charge in [0.1, 0.15) is 17.4 Å². The second-order valence-electron chi connectivity index (χ2n) is 9.19. The van der Waals surface area contributed by atoms with Crippen LogP contribution < -0.4 is 5.32 Å². The van der Waals surface area contributed by atoms with E-state index in [2.05, 4.69) is 5.32 Å². The Morgan fingerprint density at radius 3 is 1.90 bits per heavy atom. The van der Waals surface area contributed by atoms with E-state index in [1.165, 1.54) is 6.08 Å². The summed E-state index contributed by atoms with van der Waals surface area (Å²) >= 11 is 12.2. The van der Waals surface area contributed by atoms with E-state index in [4.69, 9.17) is 23.2 Å². The predicted octanol–water partition coefficient (Wildman–Crippen LogP) is 6.84. The molecule has 0 radical (unpaired) electrons. The fourth-order valence-corrected chi connectivity index (χ4v) is 3.49. The highest BCUT2D eigenvalue weighted by Gasteiger charge is 2.26. The quantitative estimate of drug-likeness (QED) is 0.401.